The molecule has 0 aliphatic heterocycles. The molecule has 0 spiro atoms. The molecule has 0 unspecified atom stereocenters. The van der Waals surface area contributed by atoms with Crippen LogP contribution in [0.25, 0.3) is 0 Å². The molecule has 6 N–H and O–H groups in total. The Balaban J connectivity index is 2.17. The third-order valence-electron chi connectivity index (χ3n) is 5.13. The second-order valence-corrected chi connectivity index (χ2v) is 8.31. The molecule has 37 heavy (non-hydrogen) atoms. The SMILES string of the molecule is CCOC(=O)CNC(=O)[C@H](c1ccc(O)cc1)N(C(=O)c1snc(C(N)=O)c1N)c1cccc(OC)c1. The van der Waals surface area contributed by atoms with Gasteiger partial charge < -0.3 is 31.4 Å². The Kier molecular flexibility index (Phi) is 8.64. The minimum absolute atomic E-state index is 0.0634. The van der Waals surface area contributed by atoms with Crippen molar-refractivity contribution in [3.63, 3.8) is 0 Å². The molecule has 1 heterocycles. The van der Waals surface area contributed by atoms with Crippen LogP contribution in [0.3, 0.4) is 0 Å². The zero-order valence-electron chi connectivity index (χ0n) is 20.0. The number of rotatable bonds is 10. The highest BCUT2D eigenvalue weighted by molar-refractivity contribution is 7.09. The Morgan fingerprint density at radius 1 is 1.16 bits per heavy atom. The molecule has 0 radical (unpaired) electrons. The van der Waals surface area contributed by atoms with E-state index < -0.39 is 36.3 Å². The van der Waals surface area contributed by atoms with Gasteiger partial charge in [-0.2, -0.15) is 4.37 Å². The summed E-state index contributed by atoms with van der Waals surface area (Å²) in [5.41, 5.74) is 11.4. The number of hydrogen-bond donors (Lipinski definition) is 4. The fourth-order valence-electron chi connectivity index (χ4n) is 3.42. The number of carbonyl (C=O) groups is 4. The number of esters is 1. The molecule has 1 aromatic heterocycles. The van der Waals surface area contributed by atoms with Crippen LogP contribution in [0.2, 0.25) is 0 Å². The number of nitrogens with zero attached hydrogens (tertiary/aromatic N) is 2. The van der Waals surface area contributed by atoms with Crippen LogP contribution in [0.4, 0.5) is 11.4 Å². The standard InChI is InChI=1S/C24H25N5O7S/c1-3-36-17(31)12-27-23(33)20(13-7-9-15(30)10-8-13)29(14-5-4-6-16(11-14)35-2)24(34)21-18(25)19(22(26)32)28-37-21/h4-11,20,30H,3,12,25H2,1-2H3,(H2,26,32)(H,27,33)/t20-/m0/s1. The molecule has 3 aromatic rings. The lowest BCUT2D eigenvalue weighted by molar-refractivity contribution is -0.143. The lowest BCUT2D eigenvalue weighted by atomic mass is 10.0. The molecule has 1 atom stereocenters. The van der Waals surface area contributed by atoms with E-state index >= 15 is 0 Å². The molecule has 0 aliphatic carbocycles. The van der Waals surface area contributed by atoms with Gasteiger partial charge in [-0.15, -0.1) is 0 Å². The molecular formula is C24H25N5O7S. The van der Waals surface area contributed by atoms with Gasteiger partial charge in [-0.3, -0.25) is 24.1 Å². The third-order valence-corrected chi connectivity index (χ3v) is 5.98. The maximum atomic E-state index is 13.9. The maximum absolute atomic E-state index is 13.9. The molecule has 0 saturated carbocycles. The van der Waals surface area contributed by atoms with E-state index in [1.165, 1.54) is 37.4 Å². The van der Waals surface area contributed by atoms with Gasteiger partial charge in [0.2, 0.25) is 5.91 Å². The Bertz CT molecular complexity index is 1310. The maximum Gasteiger partial charge on any atom is 0.325 e. The number of phenols is 1. The first kappa shape index (κ1) is 26.9. The lowest BCUT2D eigenvalue weighted by Crippen LogP contribution is -2.45. The van der Waals surface area contributed by atoms with E-state index in [1.807, 2.05) is 0 Å². The summed E-state index contributed by atoms with van der Waals surface area (Å²) in [5, 5.41) is 12.3. The van der Waals surface area contributed by atoms with Crippen LogP contribution in [0, 0.1) is 0 Å². The fraction of sp³-hybridized carbons (Fsp3) is 0.208. The van der Waals surface area contributed by atoms with E-state index in [9.17, 15) is 24.3 Å². The highest BCUT2D eigenvalue weighted by Crippen LogP contribution is 2.35. The van der Waals surface area contributed by atoms with Gasteiger partial charge >= 0.3 is 5.97 Å². The normalized spacial score (nSPS) is 11.3. The van der Waals surface area contributed by atoms with Crippen LogP contribution in [0.1, 0.15) is 38.7 Å². The molecule has 2 aromatic carbocycles. The van der Waals surface area contributed by atoms with Crippen LogP contribution in [0.15, 0.2) is 48.5 Å². The first-order chi connectivity index (χ1) is 17.7. The van der Waals surface area contributed by atoms with E-state index in [2.05, 4.69) is 9.69 Å². The minimum Gasteiger partial charge on any atom is -0.508 e. The van der Waals surface area contributed by atoms with Crippen molar-refractivity contribution in [2.45, 2.75) is 13.0 Å². The largest absolute Gasteiger partial charge is 0.508 e. The first-order valence-electron chi connectivity index (χ1n) is 10.9. The number of nitrogens with one attached hydrogen (secondary N) is 1. The molecule has 3 amide bonds. The Morgan fingerprint density at radius 2 is 1.86 bits per heavy atom. The molecule has 13 heteroatoms. The van der Waals surface area contributed by atoms with Crippen molar-refractivity contribution in [2.75, 3.05) is 30.9 Å². The highest BCUT2D eigenvalue weighted by atomic mass is 32.1. The van der Waals surface area contributed by atoms with Crippen LogP contribution in [0.5, 0.6) is 11.5 Å². The number of aromatic nitrogens is 1. The molecule has 3 rings (SSSR count). The smallest absolute Gasteiger partial charge is 0.325 e. The van der Waals surface area contributed by atoms with Crippen molar-refractivity contribution in [1.82, 2.24) is 9.69 Å². The third kappa shape index (κ3) is 6.13. The summed E-state index contributed by atoms with van der Waals surface area (Å²) in [7, 11) is 1.44. The number of ether oxygens (including phenoxy) is 2. The quantitative estimate of drug-likeness (QED) is 0.284. The number of nitrogens with two attached hydrogens (primary N) is 2. The number of primary amides is 1. The van der Waals surface area contributed by atoms with E-state index in [1.54, 1.807) is 25.1 Å². The van der Waals surface area contributed by atoms with Gasteiger partial charge in [0.25, 0.3) is 11.8 Å². The van der Waals surface area contributed by atoms with Crippen molar-refractivity contribution < 1.29 is 33.8 Å². The van der Waals surface area contributed by atoms with Crippen LogP contribution < -0.4 is 26.4 Å². The topological polar surface area (TPSA) is 187 Å². The van der Waals surface area contributed by atoms with E-state index in [0.29, 0.717) is 22.8 Å². The van der Waals surface area contributed by atoms with Crippen LogP contribution >= 0.6 is 11.5 Å². The zero-order valence-corrected chi connectivity index (χ0v) is 20.8. The Morgan fingerprint density at radius 3 is 2.46 bits per heavy atom. The van der Waals surface area contributed by atoms with Gasteiger partial charge in [0.1, 0.15) is 29.0 Å². The second-order valence-electron chi connectivity index (χ2n) is 7.53. The average Bonchev–Trinajstić information content (AvgIpc) is 3.28. The predicted octanol–water partition coefficient (Wildman–Crippen LogP) is 1.61. The molecular weight excluding hydrogens is 502 g/mol. The molecule has 0 bridgehead atoms. The number of amides is 3. The summed E-state index contributed by atoms with van der Waals surface area (Å²) in [5.74, 6) is -2.75. The molecule has 12 nitrogen and oxygen atoms in total. The molecule has 0 fully saturated rings. The van der Waals surface area contributed by atoms with Crippen molar-refractivity contribution in [3.05, 3.63) is 64.7 Å². The fourth-order valence-corrected chi connectivity index (χ4v) is 4.17. The number of carbonyl (C=O) groups excluding carboxylic acids is 4. The zero-order chi connectivity index (χ0) is 27.1. The van der Waals surface area contributed by atoms with Gasteiger partial charge in [0.15, 0.2) is 5.69 Å². The number of phenolic OH excluding ortho intramolecular Hbond substituents is 1. The Labute approximate surface area is 215 Å². The number of methoxy groups -OCH3 is 1. The van der Waals surface area contributed by atoms with E-state index in [0.717, 1.165) is 4.90 Å². The van der Waals surface area contributed by atoms with Gasteiger partial charge in [-0.1, -0.05) is 18.2 Å². The monoisotopic (exact) mass is 527 g/mol. The second kappa shape index (κ2) is 11.9. The van der Waals surface area contributed by atoms with Crippen LogP contribution in [-0.4, -0.2) is 53.4 Å². The number of aromatic hydroxyl groups is 1. The summed E-state index contributed by atoms with van der Waals surface area (Å²) in [4.78, 5) is 52.0. The van der Waals surface area contributed by atoms with Crippen molar-refractivity contribution in [3.8, 4) is 11.5 Å². The van der Waals surface area contributed by atoms with Crippen molar-refractivity contribution in [2.24, 2.45) is 5.73 Å². The molecule has 194 valence electrons. The molecule has 0 aliphatic rings. The summed E-state index contributed by atoms with van der Waals surface area (Å²) in [6, 6.07) is 10.6. The van der Waals surface area contributed by atoms with Gasteiger partial charge in [0.05, 0.1) is 19.4 Å². The van der Waals surface area contributed by atoms with E-state index in [-0.39, 0.29) is 34.3 Å². The molecule has 0 saturated heterocycles. The number of nitrogen functional groups attached to an aromatic ring is 1. The number of benzene rings is 2. The van der Waals surface area contributed by atoms with Gasteiger partial charge in [0, 0.05) is 11.8 Å². The van der Waals surface area contributed by atoms with Crippen molar-refractivity contribution >= 4 is 46.6 Å². The summed E-state index contributed by atoms with van der Waals surface area (Å²) < 4.78 is 14.1. The van der Waals surface area contributed by atoms with Crippen LogP contribution in [-0.2, 0) is 14.3 Å². The van der Waals surface area contributed by atoms with E-state index in [4.69, 9.17) is 20.9 Å². The van der Waals surface area contributed by atoms with Crippen molar-refractivity contribution in [1.29, 1.82) is 0 Å². The summed E-state index contributed by atoms with van der Waals surface area (Å²) >= 11 is 0.653. The lowest BCUT2D eigenvalue weighted by Gasteiger charge is -2.31. The predicted molar refractivity (Wildman–Crippen MR) is 135 cm³/mol. The summed E-state index contributed by atoms with van der Waals surface area (Å²) in [6.07, 6.45) is 0. The number of hydrogen-bond acceptors (Lipinski definition) is 10. The van der Waals surface area contributed by atoms with Gasteiger partial charge in [-0.25, -0.2) is 0 Å². The minimum atomic E-state index is -1.35. The van der Waals surface area contributed by atoms with Gasteiger partial charge in [-0.05, 0) is 48.3 Å². The number of anilines is 2. The average molecular weight is 528 g/mol. The first-order valence-corrected chi connectivity index (χ1v) is 11.7. The Hall–Kier alpha value is -4.65. The summed E-state index contributed by atoms with van der Waals surface area (Å²) in [6.45, 7) is 1.30. The highest BCUT2D eigenvalue weighted by Gasteiger charge is 2.36.